The minimum atomic E-state index is -1.05. The van der Waals surface area contributed by atoms with Crippen LogP contribution in [0.1, 0.15) is 74.9 Å². The molecule has 0 saturated heterocycles. The molecule has 0 spiro atoms. The molecule has 3 N–H and O–H groups in total. The summed E-state index contributed by atoms with van der Waals surface area (Å²) in [6, 6.07) is 17.4. The van der Waals surface area contributed by atoms with Crippen LogP contribution in [0.15, 0.2) is 66.7 Å². The van der Waals surface area contributed by atoms with Crippen molar-refractivity contribution in [2.45, 2.75) is 92.0 Å². The van der Waals surface area contributed by atoms with Crippen molar-refractivity contribution in [3.05, 3.63) is 94.5 Å². The smallest absolute Gasteiger partial charge is 0.408 e. The highest BCUT2D eigenvalue weighted by molar-refractivity contribution is 5.99. The minimum absolute atomic E-state index is 0.0933. The summed E-state index contributed by atoms with van der Waals surface area (Å²) in [5, 5.41) is 15.6. The molecule has 0 fully saturated rings. The molecule has 0 aliphatic heterocycles. The molecular weight excluding hydrogens is 542 g/mol. The van der Waals surface area contributed by atoms with Crippen LogP contribution < -0.4 is 10.6 Å². The third kappa shape index (κ3) is 9.33. The van der Waals surface area contributed by atoms with Gasteiger partial charge in [0.25, 0.3) is 5.91 Å². The molecule has 0 aromatic heterocycles. The average Bonchev–Trinajstić information content (AvgIpc) is 2.91. The van der Waals surface area contributed by atoms with E-state index >= 15 is 0 Å². The molecule has 0 heterocycles. The fraction of sp³-hybridized carbons (Fsp3) is 0.400. The van der Waals surface area contributed by atoms with Gasteiger partial charge in [-0.2, -0.15) is 0 Å². The number of rotatable bonds is 10. The van der Waals surface area contributed by atoms with Crippen molar-refractivity contribution >= 4 is 23.6 Å². The van der Waals surface area contributed by atoms with Crippen LogP contribution in [0.3, 0.4) is 0 Å². The molecule has 8 heteroatoms. The van der Waals surface area contributed by atoms with Crippen LogP contribution in [0.5, 0.6) is 5.75 Å². The lowest BCUT2D eigenvalue weighted by atomic mass is 9.95. The maximum Gasteiger partial charge on any atom is 0.408 e. The van der Waals surface area contributed by atoms with Gasteiger partial charge >= 0.3 is 6.09 Å². The molecule has 3 rings (SSSR count). The van der Waals surface area contributed by atoms with Gasteiger partial charge in [0.05, 0.1) is 0 Å². The normalized spacial score (nSPS) is 13.4. The van der Waals surface area contributed by atoms with Crippen LogP contribution in [0.2, 0.25) is 0 Å². The fourth-order valence-electron chi connectivity index (χ4n) is 5.01. The second kappa shape index (κ2) is 14.2. The standard InChI is InChI=1S/C35H45N3O5/c1-9-25(5)38(33(41)30(37-34(42)43-35(6,7)8)21-26-14-16-28(39)17-15-26)31(27-19-22(2)18-23(3)20-27)32(40)36-29-13-11-10-12-24(29)4/h10-20,25,30-31,39H,9,21H2,1-8H3,(H,36,40)(H,37,42). The Kier molecular flexibility index (Phi) is 11.0. The summed E-state index contributed by atoms with van der Waals surface area (Å²) in [5.74, 6) is -0.679. The van der Waals surface area contributed by atoms with E-state index in [-0.39, 0.29) is 24.1 Å². The van der Waals surface area contributed by atoms with E-state index in [0.717, 1.165) is 22.3 Å². The molecule has 0 aliphatic carbocycles. The van der Waals surface area contributed by atoms with Crippen molar-refractivity contribution in [3.8, 4) is 5.75 Å². The average molecular weight is 588 g/mol. The number of para-hydroxylation sites is 1. The van der Waals surface area contributed by atoms with E-state index < -0.39 is 29.7 Å². The first-order valence-corrected chi connectivity index (χ1v) is 14.7. The first-order valence-electron chi connectivity index (χ1n) is 14.7. The predicted molar refractivity (Wildman–Crippen MR) is 170 cm³/mol. The van der Waals surface area contributed by atoms with Crippen LogP contribution in [-0.4, -0.2) is 45.6 Å². The number of anilines is 1. The highest BCUT2D eigenvalue weighted by Gasteiger charge is 2.39. The monoisotopic (exact) mass is 587 g/mol. The Hall–Kier alpha value is -4.33. The number of carbonyl (C=O) groups excluding carboxylic acids is 3. The molecule has 3 aromatic rings. The number of phenolic OH excluding ortho intramolecular Hbond substituents is 1. The van der Waals surface area contributed by atoms with Gasteiger partial charge in [0.2, 0.25) is 5.91 Å². The summed E-state index contributed by atoms with van der Waals surface area (Å²) in [4.78, 5) is 43.5. The number of hydrogen-bond acceptors (Lipinski definition) is 5. The molecule has 230 valence electrons. The van der Waals surface area contributed by atoms with Gasteiger partial charge in [-0.15, -0.1) is 0 Å². The van der Waals surface area contributed by atoms with E-state index in [1.807, 2.05) is 77.1 Å². The van der Waals surface area contributed by atoms with Crippen molar-refractivity contribution in [3.63, 3.8) is 0 Å². The molecule has 3 aromatic carbocycles. The predicted octanol–water partition coefficient (Wildman–Crippen LogP) is 6.76. The Labute approximate surface area is 255 Å². The topological polar surface area (TPSA) is 108 Å². The van der Waals surface area contributed by atoms with E-state index in [4.69, 9.17) is 4.74 Å². The molecule has 0 aliphatic rings. The molecule has 0 radical (unpaired) electrons. The van der Waals surface area contributed by atoms with Gasteiger partial charge in [-0.1, -0.05) is 66.6 Å². The summed E-state index contributed by atoms with van der Waals surface area (Å²) in [6.45, 7) is 14.9. The third-order valence-electron chi connectivity index (χ3n) is 7.17. The maximum absolute atomic E-state index is 14.7. The maximum atomic E-state index is 14.7. The minimum Gasteiger partial charge on any atom is -0.508 e. The lowest BCUT2D eigenvalue weighted by molar-refractivity contribution is -0.143. The zero-order valence-electron chi connectivity index (χ0n) is 26.5. The van der Waals surface area contributed by atoms with Crippen LogP contribution in [0.25, 0.3) is 0 Å². The number of nitrogens with zero attached hydrogens (tertiary/aromatic N) is 1. The van der Waals surface area contributed by atoms with Crippen LogP contribution in [-0.2, 0) is 20.7 Å². The summed E-state index contributed by atoms with van der Waals surface area (Å²) in [6.07, 6.45) is -0.0334. The second-order valence-corrected chi connectivity index (χ2v) is 12.2. The van der Waals surface area contributed by atoms with Gasteiger partial charge in [0, 0.05) is 18.2 Å². The van der Waals surface area contributed by atoms with Crippen LogP contribution in [0.4, 0.5) is 10.5 Å². The summed E-state index contributed by atoms with van der Waals surface area (Å²) < 4.78 is 5.52. The van der Waals surface area contributed by atoms with Crippen molar-refractivity contribution in [2.24, 2.45) is 0 Å². The lowest BCUT2D eigenvalue weighted by Gasteiger charge is -2.38. The van der Waals surface area contributed by atoms with E-state index in [9.17, 15) is 19.5 Å². The van der Waals surface area contributed by atoms with E-state index in [1.165, 1.54) is 12.1 Å². The van der Waals surface area contributed by atoms with E-state index in [1.54, 1.807) is 37.8 Å². The number of carbonyl (C=O) groups is 3. The SMILES string of the molecule is CCC(C)N(C(=O)C(Cc1ccc(O)cc1)NC(=O)OC(C)(C)C)C(C(=O)Nc1ccccc1C)c1cc(C)cc(C)c1. The van der Waals surface area contributed by atoms with Gasteiger partial charge in [-0.25, -0.2) is 4.79 Å². The molecular formula is C35H45N3O5. The van der Waals surface area contributed by atoms with Crippen molar-refractivity contribution < 1.29 is 24.2 Å². The highest BCUT2D eigenvalue weighted by atomic mass is 16.6. The van der Waals surface area contributed by atoms with Gasteiger partial charge in [0.15, 0.2) is 0 Å². The number of alkyl carbamates (subject to hydrolysis) is 1. The molecule has 0 bridgehead atoms. The Bertz CT molecular complexity index is 1410. The third-order valence-corrected chi connectivity index (χ3v) is 7.17. The first kappa shape index (κ1) is 33.2. The Morgan fingerprint density at radius 1 is 0.930 bits per heavy atom. The fourth-order valence-corrected chi connectivity index (χ4v) is 5.01. The Balaban J connectivity index is 2.13. The van der Waals surface area contributed by atoms with Gasteiger partial charge < -0.3 is 25.4 Å². The molecule has 3 unspecified atom stereocenters. The highest BCUT2D eigenvalue weighted by Crippen LogP contribution is 2.30. The number of hydrogen-bond donors (Lipinski definition) is 3. The second-order valence-electron chi connectivity index (χ2n) is 12.2. The Morgan fingerprint density at radius 3 is 2.09 bits per heavy atom. The number of benzene rings is 3. The van der Waals surface area contributed by atoms with Crippen molar-refractivity contribution in [1.29, 1.82) is 0 Å². The molecule has 3 atom stereocenters. The number of phenols is 1. The van der Waals surface area contributed by atoms with Crippen LogP contribution >= 0.6 is 0 Å². The Morgan fingerprint density at radius 2 is 1.53 bits per heavy atom. The molecule has 0 saturated carbocycles. The van der Waals surface area contributed by atoms with Crippen LogP contribution in [0, 0.1) is 20.8 Å². The van der Waals surface area contributed by atoms with Crippen molar-refractivity contribution in [1.82, 2.24) is 10.2 Å². The summed E-state index contributed by atoms with van der Waals surface area (Å²) in [7, 11) is 0. The number of nitrogens with one attached hydrogen (secondary N) is 2. The number of ether oxygens (including phenoxy) is 1. The lowest BCUT2D eigenvalue weighted by Crippen LogP contribution is -2.55. The van der Waals surface area contributed by atoms with Gasteiger partial charge in [0.1, 0.15) is 23.4 Å². The first-order chi connectivity index (χ1) is 20.2. The molecule has 43 heavy (non-hydrogen) atoms. The number of aromatic hydroxyl groups is 1. The summed E-state index contributed by atoms with van der Waals surface area (Å²) in [5.41, 5.74) is 4.11. The van der Waals surface area contributed by atoms with Gasteiger partial charge in [-0.05, 0) is 89.8 Å². The number of amides is 3. The summed E-state index contributed by atoms with van der Waals surface area (Å²) >= 11 is 0. The van der Waals surface area contributed by atoms with Crippen molar-refractivity contribution in [2.75, 3.05) is 5.32 Å². The largest absolute Gasteiger partial charge is 0.508 e. The van der Waals surface area contributed by atoms with E-state index in [0.29, 0.717) is 17.7 Å². The zero-order chi connectivity index (χ0) is 31.9. The quantitative estimate of drug-likeness (QED) is 0.243. The molecule has 3 amide bonds. The number of aryl methyl sites for hydroxylation is 3. The van der Waals surface area contributed by atoms with Gasteiger partial charge in [-0.3, -0.25) is 9.59 Å². The zero-order valence-corrected chi connectivity index (χ0v) is 26.5. The van der Waals surface area contributed by atoms with E-state index in [2.05, 4.69) is 10.6 Å². The molecule has 8 nitrogen and oxygen atoms in total.